The van der Waals surface area contributed by atoms with Crippen LogP contribution >= 0.6 is 0 Å². The standard InChI is InChI=1S/C15H22N2O3/c1-10-5-6-13(11(2)9-10)16-14(19)15(20)17(4)8-7-12(3)18/h5-6,9,12,18H,7-8H2,1-4H3,(H,16,19). The molecule has 5 heteroatoms. The van der Waals surface area contributed by atoms with Crippen LogP contribution in [-0.4, -0.2) is 41.5 Å². The van der Waals surface area contributed by atoms with E-state index in [9.17, 15) is 14.7 Å². The summed E-state index contributed by atoms with van der Waals surface area (Å²) in [6, 6.07) is 5.60. The molecule has 0 saturated heterocycles. The van der Waals surface area contributed by atoms with Crippen molar-refractivity contribution in [1.29, 1.82) is 0 Å². The second kappa shape index (κ2) is 7.05. The maximum atomic E-state index is 11.9. The summed E-state index contributed by atoms with van der Waals surface area (Å²) in [5.74, 6) is -1.27. The Morgan fingerprint density at radius 3 is 2.55 bits per heavy atom. The van der Waals surface area contributed by atoms with Gasteiger partial charge in [-0.2, -0.15) is 0 Å². The molecule has 110 valence electrons. The third-order valence-corrected chi connectivity index (χ3v) is 3.05. The number of carbonyl (C=O) groups excluding carboxylic acids is 2. The number of aliphatic hydroxyl groups excluding tert-OH is 1. The number of nitrogens with zero attached hydrogens (tertiary/aromatic N) is 1. The number of carbonyl (C=O) groups is 2. The Balaban J connectivity index is 2.63. The Labute approximate surface area is 119 Å². The van der Waals surface area contributed by atoms with E-state index < -0.39 is 17.9 Å². The summed E-state index contributed by atoms with van der Waals surface area (Å²) in [7, 11) is 1.55. The first kappa shape index (κ1) is 16.2. The number of likely N-dealkylation sites (N-methyl/N-ethyl adjacent to an activating group) is 1. The van der Waals surface area contributed by atoms with Crippen molar-refractivity contribution in [3.63, 3.8) is 0 Å². The molecule has 5 nitrogen and oxygen atoms in total. The van der Waals surface area contributed by atoms with Gasteiger partial charge in [0.05, 0.1) is 6.10 Å². The van der Waals surface area contributed by atoms with Gasteiger partial charge < -0.3 is 15.3 Å². The molecule has 0 aliphatic heterocycles. The fourth-order valence-corrected chi connectivity index (χ4v) is 1.79. The zero-order chi connectivity index (χ0) is 15.3. The third-order valence-electron chi connectivity index (χ3n) is 3.05. The molecular formula is C15H22N2O3. The molecule has 0 bridgehead atoms. The quantitative estimate of drug-likeness (QED) is 0.819. The molecule has 0 aliphatic rings. The summed E-state index contributed by atoms with van der Waals surface area (Å²) in [6.45, 7) is 5.84. The Kier molecular flexibility index (Phi) is 5.70. The highest BCUT2D eigenvalue weighted by atomic mass is 16.3. The van der Waals surface area contributed by atoms with E-state index in [4.69, 9.17) is 0 Å². The maximum Gasteiger partial charge on any atom is 0.313 e. The van der Waals surface area contributed by atoms with Crippen LogP contribution in [0.25, 0.3) is 0 Å². The largest absolute Gasteiger partial charge is 0.393 e. The second-order valence-corrected chi connectivity index (χ2v) is 5.14. The van der Waals surface area contributed by atoms with Crippen LogP contribution in [0.3, 0.4) is 0 Å². The zero-order valence-electron chi connectivity index (χ0n) is 12.4. The molecule has 0 radical (unpaired) electrons. The van der Waals surface area contributed by atoms with E-state index in [1.54, 1.807) is 20.0 Å². The first-order valence-electron chi connectivity index (χ1n) is 6.63. The van der Waals surface area contributed by atoms with Gasteiger partial charge in [-0.25, -0.2) is 0 Å². The average Bonchev–Trinajstić information content (AvgIpc) is 2.38. The highest BCUT2D eigenvalue weighted by Crippen LogP contribution is 2.16. The van der Waals surface area contributed by atoms with Gasteiger partial charge in [-0.15, -0.1) is 0 Å². The molecule has 1 atom stereocenters. The molecule has 0 fully saturated rings. The van der Waals surface area contributed by atoms with E-state index in [0.29, 0.717) is 18.7 Å². The molecule has 1 rings (SSSR count). The minimum Gasteiger partial charge on any atom is -0.393 e. The van der Waals surface area contributed by atoms with E-state index in [2.05, 4.69) is 5.32 Å². The molecule has 1 aromatic rings. The number of aliphatic hydroxyl groups is 1. The lowest BCUT2D eigenvalue weighted by atomic mass is 10.1. The zero-order valence-corrected chi connectivity index (χ0v) is 12.4. The molecule has 1 unspecified atom stereocenters. The van der Waals surface area contributed by atoms with Crippen LogP contribution in [0.2, 0.25) is 0 Å². The Hall–Kier alpha value is -1.88. The van der Waals surface area contributed by atoms with Gasteiger partial charge in [-0.3, -0.25) is 9.59 Å². The first-order chi connectivity index (χ1) is 9.31. The van der Waals surface area contributed by atoms with Crippen molar-refractivity contribution in [3.8, 4) is 0 Å². The third kappa shape index (κ3) is 4.66. The number of nitrogens with one attached hydrogen (secondary N) is 1. The lowest BCUT2D eigenvalue weighted by Crippen LogP contribution is -2.38. The minimum atomic E-state index is -0.662. The van der Waals surface area contributed by atoms with Crippen LogP contribution in [0.5, 0.6) is 0 Å². The van der Waals surface area contributed by atoms with E-state index in [1.807, 2.05) is 26.0 Å². The van der Waals surface area contributed by atoms with Crippen molar-refractivity contribution in [2.45, 2.75) is 33.3 Å². The predicted octanol–water partition coefficient (Wildman–Crippen LogP) is 1.47. The number of hydrogen-bond donors (Lipinski definition) is 2. The van der Waals surface area contributed by atoms with Gasteiger partial charge in [0.1, 0.15) is 0 Å². The van der Waals surface area contributed by atoms with Crippen LogP contribution in [0.15, 0.2) is 18.2 Å². The van der Waals surface area contributed by atoms with Crippen molar-refractivity contribution in [1.82, 2.24) is 4.90 Å². The summed E-state index contributed by atoms with van der Waals surface area (Å²) >= 11 is 0. The van der Waals surface area contributed by atoms with E-state index in [-0.39, 0.29) is 0 Å². The van der Waals surface area contributed by atoms with Gasteiger partial charge in [0.2, 0.25) is 0 Å². The van der Waals surface area contributed by atoms with Crippen molar-refractivity contribution >= 4 is 17.5 Å². The van der Waals surface area contributed by atoms with Crippen molar-refractivity contribution < 1.29 is 14.7 Å². The van der Waals surface area contributed by atoms with E-state index in [0.717, 1.165) is 11.1 Å². The molecule has 0 aromatic heterocycles. The summed E-state index contributed by atoms with van der Waals surface area (Å²) in [5, 5.41) is 11.8. The van der Waals surface area contributed by atoms with Gasteiger partial charge in [0.15, 0.2) is 0 Å². The topological polar surface area (TPSA) is 69.6 Å². The molecular weight excluding hydrogens is 256 g/mol. The van der Waals surface area contributed by atoms with E-state index in [1.165, 1.54) is 4.90 Å². The molecule has 0 spiro atoms. The molecule has 2 amide bonds. The van der Waals surface area contributed by atoms with Crippen LogP contribution in [0.4, 0.5) is 5.69 Å². The number of aryl methyl sites for hydroxylation is 2. The number of amides is 2. The van der Waals surface area contributed by atoms with Gasteiger partial charge in [0.25, 0.3) is 0 Å². The van der Waals surface area contributed by atoms with Crippen LogP contribution < -0.4 is 5.32 Å². The number of anilines is 1. The minimum absolute atomic E-state index is 0.344. The van der Waals surface area contributed by atoms with Crippen molar-refractivity contribution in [2.24, 2.45) is 0 Å². The molecule has 0 aliphatic carbocycles. The molecule has 20 heavy (non-hydrogen) atoms. The first-order valence-corrected chi connectivity index (χ1v) is 6.63. The summed E-state index contributed by atoms with van der Waals surface area (Å²) in [5.41, 5.74) is 2.65. The van der Waals surface area contributed by atoms with Crippen LogP contribution in [0.1, 0.15) is 24.5 Å². The average molecular weight is 278 g/mol. The summed E-state index contributed by atoms with van der Waals surface area (Å²) < 4.78 is 0. The highest BCUT2D eigenvalue weighted by molar-refractivity contribution is 6.39. The fraction of sp³-hybridized carbons (Fsp3) is 0.467. The van der Waals surface area contributed by atoms with Crippen molar-refractivity contribution in [3.05, 3.63) is 29.3 Å². The van der Waals surface area contributed by atoms with Crippen LogP contribution in [-0.2, 0) is 9.59 Å². The molecule has 0 heterocycles. The number of benzene rings is 1. The lowest BCUT2D eigenvalue weighted by Gasteiger charge is -2.18. The maximum absolute atomic E-state index is 11.9. The number of rotatable bonds is 4. The molecule has 0 saturated carbocycles. The second-order valence-electron chi connectivity index (χ2n) is 5.14. The SMILES string of the molecule is Cc1ccc(NC(=O)C(=O)N(C)CCC(C)O)c(C)c1. The van der Waals surface area contributed by atoms with Gasteiger partial charge in [0, 0.05) is 19.3 Å². The predicted molar refractivity (Wildman–Crippen MR) is 78.5 cm³/mol. The summed E-state index contributed by atoms with van der Waals surface area (Å²) in [6.07, 6.45) is -0.0494. The Morgan fingerprint density at radius 1 is 1.35 bits per heavy atom. The fourth-order valence-electron chi connectivity index (χ4n) is 1.79. The van der Waals surface area contributed by atoms with Gasteiger partial charge >= 0.3 is 11.8 Å². The molecule has 1 aromatic carbocycles. The van der Waals surface area contributed by atoms with Crippen molar-refractivity contribution in [2.75, 3.05) is 18.9 Å². The Bertz CT molecular complexity index is 498. The summed E-state index contributed by atoms with van der Waals surface area (Å²) in [4.78, 5) is 25.1. The smallest absolute Gasteiger partial charge is 0.313 e. The number of hydrogen-bond acceptors (Lipinski definition) is 3. The Morgan fingerprint density at radius 2 is 2.00 bits per heavy atom. The highest BCUT2D eigenvalue weighted by Gasteiger charge is 2.19. The molecule has 2 N–H and O–H groups in total. The van der Waals surface area contributed by atoms with Gasteiger partial charge in [-0.1, -0.05) is 17.7 Å². The van der Waals surface area contributed by atoms with E-state index >= 15 is 0 Å². The van der Waals surface area contributed by atoms with Crippen LogP contribution in [0, 0.1) is 13.8 Å². The monoisotopic (exact) mass is 278 g/mol. The normalized spacial score (nSPS) is 11.8. The van der Waals surface area contributed by atoms with Gasteiger partial charge in [-0.05, 0) is 38.8 Å². The lowest BCUT2D eigenvalue weighted by molar-refractivity contribution is -0.142.